The van der Waals surface area contributed by atoms with Gasteiger partial charge in [-0.3, -0.25) is 0 Å². The Bertz CT molecular complexity index is 38.5. The van der Waals surface area contributed by atoms with E-state index in [1.165, 1.54) is 13.8 Å². The summed E-state index contributed by atoms with van der Waals surface area (Å²) in [6.07, 6.45) is 0. The monoisotopic (exact) mass is 108 g/mol. The van der Waals surface area contributed by atoms with Crippen molar-refractivity contribution in [3.8, 4) is 0 Å². The van der Waals surface area contributed by atoms with E-state index in [9.17, 15) is 0 Å². The molecule has 2 nitrogen and oxygen atoms in total. The summed E-state index contributed by atoms with van der Waals surface area (Å²) >= 11 is 0.437. The maximum absolute atomic E-state index is 8.54. The van der Waals surface area contributed by atoms with Crippen molar-refractivity contribution in [1.29, 1.82) is 0 Å². The second-order valence-electron chi connectivity index (χ2n) is 1.54. The standard InChI is InChI=1S/C3H8O2S/c1-3(2,4)6-5/h4-5H,1-2H3. The maximum atomic E-state index is 8.54. The highest BCUT2D eigenvalue weighted by Gasteiger charge is 2.09. The van der Waals surface area contributed by atoms with Gasteiger partial charge in [-0.15, -0.1) is 0 Å². The molecule has 0 aromatic carbocycles. The minimum absolute atomic E-state index is 0.437. The lowest BCUT2D eigenvalue weighted by Gasteiger charge is -2.08. The topological polar surface area (TPSA) is 40.5 Å². The lowest BCUT2D eigenvalue weighted by atomic mass is 10.5. The van der Waals surface area contributed by atoms with Crippen LogP contribution in [0, 0.1) is 0 Å². The van der Waals surface area contributed by atoms with Crippen LogP contribution in [0.3, 0.4) is 0 Å². The van der Waals surface area contributed by atoms with E-state index < -0.39 is 4.93 Å². The first-order valence-corrected chi connectivity index (χ1v) is 2.38. The molecule has 0 rings (SSSR count). The predicted molar refractivity (Wildman–Crippen MR) is 26.5 cm³/mol. The van der Waals surface area contributed by atoms with Crippen LogP contribution >= 0.6 is 12.0 Å². The summed E-state index contributed by atoms with van der Waals surface area (Å²) in [5.41, 5.74) is 0. The Morgan fingerprint density at radius 2 is 1.67 bits per heavy atom. The maximum Gasteiger partial charge on any atom is 0.130 e. The third kappa shape index (κ3) is 4.27. The molecule has 0 amide bonds. The molecule has 0 fully saturated rings. The van der Waals surface area contributed by atoms with Crippen LogP contribution in [0.4, 0.5) is 0 Å². The summed E-state index contributed by atoms with van der Waals surface area (Å²) in [5, 5.41) is 8.54. The molecule has 0 atom stereocenters. The van der Waals surface area contributed by atoms with Gasteiger partial charge in [-0.2, -0.15) is 0 Å². The van der Waals surface area contributed by atoms with Gasteiger partial charge in [-0.25, -0.2) is 0 Å². The molecule has 0 radical (unpaired) electrons. The molecule has 0 heterocycles. The van der Waals surface area contributed by atoms with Crippen LogP contribution in [-0.4, -0.2) is 14.6 Å². The molecule has 0 aromatic heterocycles. The molecule has 0 aliphatic heterocycles. The van der Waals surface area contributed by atoms with Gasteiger partial charge in [0.05, 0.1) is 0 Å². The third-order valence-electron chi connectivity index (χ3n) is 0.223. The van der Waals surface area contributed by atoms with Gasteiger partial charge < -0.3 is 9.66 Å². The van der Waals surface area contributed by atoms with E-state index >= 15 is 0 Å². The van der Waals surface area contributed by atoms with Crippen molar-refractivity contribution >= 4 is 12.0 Å². The van der Waals surface area contributed by atoms with Gasteiger partial charge in [-0.1, -0.05) is 0 Å². The van der Waals surface area contributed by atoms with Gasteiger partial charge in [0.2, 0.25) is 0 Å². The summed E-state index contributed by atoms with van der Waals surface area (Å²) in [5.74, 6) is 0. The van der Waals surface area contributed by atoms with Crippen molar-refractivity contribution in [1.82, 2.24) is 0 Å². The largest absolute Gasteiger partial charge is 0.378 e. The van der Waals surface area contributed by atoms with Gasteiger partial charge in [0.15, 0.2) is 0 Å². The second kappa shape index (κ2) is 1.82. The molecule has 6 heavy (non-hydrogen) atoms. The van der Waals surface area contributed by atoms with Crippen LogP contribution in [0.1, 0.15) is 13.8 Å². The Balaban J connectivity index is 3.17. The van der Waals surface area contributed by atoms with Crippen molar-refractivity contribution < 1.29 is 9.66 Å². The molecule has 38 valence electrons. The fourth-order valence-corrected chi connectivity index (χ4v) is 0. The number of rotatable bonds is 1. The average molecular weight is 108 g/mol. The molecule has 0 aliphatic carbocycles. The van der Waals surface area contributed by atoms with Crippen molar-refractivity contribution in [2.24, 2.45) is 0 Å². The van der Waals surface area contributed by atoms with Crippen molar-refractivity contribution in [2.75, 3.05) is 0 Å². The Kier molecular flexibility index (Phi) is 1.90. The lowest BCUT2D eigenvalue weighted by Crippen LogP contribution is -2.10. The SMILES string of the molecule is CC(C)(O)SO. The average Bonchev–Trinajstić information content (AvgIpc) is 1.35. The van der Waals surface area contributed by atoms with Gasteiger partial charge in [0, 0.05) is 12.0 Å². The van der Waals surface area contributed by atoms with E-state index in [1.807, 2.05) is 0 Å². The fraction of sp³-hybridized carbons (Fsp3) is 1.00. The Morgan fingerprint density at radius 1 is 1.50 bits per heavy atom. The summed E-state index contributed by atoms with van der Waals surface area (Å²) in [6, 6.07) is 0. The Hall–Kier alpha value is 0.270. The quantitative estimate of drug-likeness (QED) is 0.387. The summed E-state index contributed by atoms with van der Waals surface area (Å²) in [4.78, 5) is -0.986. The van der Waals surface area contributed by atoms with Gasteiger partial charge in [0.25, 0.3) is 0 Å². The van der Waals surface area contributed by atoms with E-state index in [1.54, 1.807) is 0 Å². The van der Waals surface area contributed by atoms with E-state index in [2.05, 4.69) is 0 Å². The van der Waals surface area contributed by atoms with Crippen molar-refractivity contribution in [3.05, 3.63) is 0 Å². The first-order valence-electron chi connectivity index (χ1n) is 1.61. The summed E-state index contributed by atoms with van der Waals surface area (Å²) in [6.45, 7) is 3.02. The summed E-state index contributed by atoms with van der Waals surface area (Å²) in [7, 11) is 0. The molecule has 0 saturated heterocycles. The number of hydrogen-bond donors (Lipinski definition) is 2. The molecule has 2 N–H and O–H groups in total. The van der Waals surface area contributed by atoms with E-state index in [0.717, 1.165) is 0 Å². The van der Waals surface area contributed by atoms with Gasteiger partial charge >= 0.3 is 0 Å². The van der Waals surface area contributed by atoms with Crippen LogP contribution in [0.25, 0.3) is 0 Å². The highest BCUT2D eigenvalue weighted by atomic mass is 32.2. The van der Waals surface area contributed by atoms with Crippen LogP contribution in [0.15, 0.2) is 0 Å². The zero-order chi connectivity index (χ0) is 5.21. The molecule has 0 bridgehead atoms. The lowest BCUT2D eigenvalue weighted by molar-refractivity contribution is 0.172. The minimum Gasteiger partial charge on any atom is -0.378 e. The summed E-state index contributed by atoms with van der Waals surface area (Å²) < 4.78 is 8.07. The first-order chi connectivity index (χ1) is 2.56. The highest BCUT2D eigenvalue weighted by Crippen LogP contribution is 2.14. The molecule has 0 spiro atoms. The van der Waals surface area contributed by atoms with Gasteiger partial charge in [-0.05, 0) is 13.8 Å². The Labute approximate surface area is 41.4 Å². The molecule has 0 aliphatic rings. The fourth-order valence-electron chi connectivity index (χ4n) is 0. The molecule has 0 saturated carbocycles. The number of hydrogen-bond acceptors (Lipinski definition) is 3. The predicted octanol–water partition coefficient (Wildman–Crippen LogP) is 0.921. The molecular formula is C3H8O2S. The molecular weight excluding hydrogens is 100 g/mol. The van der Waals surface area contributed by atoms with Crippen LogP contribution < -0.4 is 0 Å². The zero-order valence-corrected chi connectivity index (χ0v) is 4.62. The van der Waals surface area contributed by atoms with Crippen molar-refractivity contribution in [3.63, 3.8) is 0 Å². The van der Waals surface area contributed by atoms with Crippen LogP contribution in [0.2, 0.25) is 0 Å². The first kappa shape index (κ1) is 6.27. The minimum atomic E-state index is -0.986. The normalized spacial score (nSPS) is 12.0. The molecule has 0 unspecified atom stereocenters. The smallest absolute Gasteiger partial charge is 0.130 e. The van der Waals surface area contributed by atoms with Gasteiger partial charge in [0.1, 0.15) is 4.93 Å². The van der Waals surface area contributed by atoms with Crippen molar-refractivity contribution in [2.45, 2.75) is 18.8 Å². The number of aliphatic hydroxyl groups is 1. The van der Waals surface area contributed by atoms with Crippen LogP contribution in [0.5, 0.6) is 0 Å². The second-order valence-corrected chi connectivity index (χ2v) is 2.72. The highest BCUT2D eigenvalue weighted by molar-refractivity contribution is 7.94. The third-order valence-corrected chi connectivity index (χ3v) is 0.670. The van der Waals surface area contributed by atoms with Crippen LogP contribution in [-0.2, 0) is 0 Å². The van der Waals surface area contributed by atoms with E-state index in [-0.39, 0.29) is 0 Å². The zero-order valence-electron chi connectivity index (χ0n) is 3.80. The molecule has 0 aromatic rings. The van der Waals surface area contributed by atoms with E-state index in [0.29, 0.717) is 12.0 Å². The molecule has 3 heteroatoms. The Morgan fingerprint density at radius 3 is 1.67 bits per heavy atom. The van der Waals surface area contributed by atoms with E-state index in [4.69, 9.17) is 9.66 Å².